The van der Waals surface area contributed by atoms with Crippen molar-refractivity contribution in [2.45, 2.75) is 6.42 Å². The van der Waals surface area contributed by atoms with Crippen LogP contribution in [0.2, 0.25) is 10.0 Å². The Morgan fingerprint density at radius 1 is 1.21 bits per heavy atom. The highest BCUT2D eigenvalue weighted by Crippen LogP contribution is 2.26. The SMILES string of the molecule is Nc1cc(Cl)c(C#CCCCl)cc1Cl. The third-order valence-corrected chi connectivity index (χ3v) is 2.36. The quantitative estimate of drug-likeness (QED) is 0.459. The Bertz CT molecular complexity index is 390. The van der Waals surface area contributed by atoms with Crippen LogP contribution in [0.5, 0.6) is 0 Å². The number of hydrogen-bond acceptors (Lipinski definition) is 1. The molecular formula is C10H8Cl3N. The van der Waals surface area contributed by atoms with Crippen molar-refractivity contribution in [1.29, 1.82) is 0 Å². The molecule has 0 radical (unpaired) electrons. The number of alkyl halides is 1. The first-order valence-corrected chi connectivity index (χ1v) is 5.23. The van der Waals surface area contributed by atoms with Gasteiger partial charge in [0, 0.05) is 17.9 Å². The molecule has 0 aliphatic heterocycles. The van der Waals surface area contributed by atoms with E-state index < -0.39 is 0 Å². The number of hydrogen-bond donors (Lipinski definition) is 1. The summed E-state index contributed by atoms with van der Waals surface area (Å²) in [4.78, 5) is 0. The van der Waals surface area contributed by atoms with Gasteiger partial charge in [-0.05, 0) is 12.1 Å². The summed E-state index contributed by atoms with van der Waals surface area (Å²) in [6.07, 6.45) is 0.625. The van der Waals surface area contributed by atoms with E-state index in [1.165, 1.54) is 0 Å². The molecule has 0 aliphatic rings. The van der Waals surface area contributed by atoms with Crippen LogP contribution in [0.1, 0.15) is 12.0 Å². The van der Waals surface area contributed by atoms with Gasteiger partial charge in [0.1, 0.15) is 0 Å². The fraction of sp³-hybridized carbons (Fsp3) is 0.200. The lowest BCUT2D eigenvalue weighted by Crippen LogP contribution is -1.88. The minimum atomic E-state index is 0.458. The standard InChI is InChI=1S/C10H8Cl3N/c11-4-2-1-3-7-5-9(13)10(14)6-8(7)12/h5-6H,2,4,14H2. The fourth-order valence-electron chi connectivity index (χ4n) is 0.863. The van der Waals surface area contributed by atoms with Gasteiger partial charge in [-0.2, -0.15) is 0 Å². The van der Waals surface area contributed by atoms with Crippen molar-refractivity contribution in [2.75, 3.05) is 11.6 Å². The number of halogens is 3. The van der Waals surface area contributed by atoms with Crippen LogP contribution in [0.15, 0.2) is 12.1 Å². The predicted octanol–water partition coefficient (Wildman–Crippen LogP) is 3.56. The van der Waals surface area contributed by atoms with Crippen LogP contribution in [0, 0.1) is 11.8 Å². The Balaban J connectivity index is 3.00. The summed E-state index contributed by atoms with van der Waals surface area (Å²) < 4.78 is 0. The molecule has 0 fully saturated rings. The minimum absolute atomic E-state index is 0.458. The molecule has 0 heterocycles. The van der Waals surface area contributed by atoms with Gasteiger partial charge in [0.05, 0.1) is 15.7 Å². The summed E-state index contributed by atoms with van der Waals surface area (Å²) in [5, 5.41) is 0.971. The molecule has 14 heavy (non-hydrogen) atoms. The summed E-state index contributed by atoms with van der Waals surface area (Å²) >= 11 is 17.2. The van der Waals surface area contributed by atoms with E-state index in [9.17, 15) is 0 Å². The van der Waals surface area contributed by atoms with Crippen LogP contribution < -0.4 is 5.73 Å². The van der Waals surface area contributed by atoms with Crippen molar-refractivity contribution >= 4 is 40.5 Å². The van der Waals surface area contributed by atoms with Crippen molar-refractivity contribution in [3.05, 3.63) is 27.7 Å². The van der Waals surface area contributed by atoms with Gasteiger partial charge < -0.3 is 5.73 Å². The summed E-state index contributed by atoms with van der Waals surface area (Å²) in [6, 6.07) is 3.25. The van der Waals surface area contributed by atoms with E-state index in [4.69, 9.17) is 40.5 Å². The molecule has 0 unspecified atom stereocenters. The van der Waals surface area contributed by atoms with Gasteiger partial charge in [-0.1, -0.05) is 35.0 Å². The highest BCUT2D eigenvalue weighted by molar-refractivity contribution is 6.35. The van der Waals surface area contributed by atoms with Crippen molar-refractivity contribution in [1.82, 2.24) is 0 Å². The topological polar surface area (TPSA) is 26.0 Å². The maximum absolute atomic E-state index is 5.91. The normalized spacial score (nSPS) is 9.36. The summed E-state index contributed by atoms with van der Waals surface area (Å²) in [6.45, 7) is 0. The maximum atomic E-state index is 5.91. The number of nitrogen functional groups attached to an aromatic ring is 1. The number of rotatable bonds is 1. The first-order chi connectivity index (χ1) is 6.65. The molecule has 0 amide bonds. The molecule has 4 heteroatoms. The zero-order valence-corrected chi connectivity index (χ0v) is 9.55. The first kappa shape index (κ1) is 11.5. The minimum Gasteiger partial charge on any atom is -0.397 e. The van der Waals surface area contributed by atoms with Crippen molar-refractivity contribution in [3.63, 3.8) is 0 Å². The Morgan fingerprint density at radius 3 is 2.57 bits per heavy atom. The van der Waals surface area contributed by atoms with Gasteiger partial charge >= 0.3 is 0 Å². The first-order valence-electron chi connectivity index (χ1n) is 3.94. The molecule has 0 atom stereocenters. The molecule has 1 aromatic rings. The third kappa shape index (κ3) is 2.99. The Kier molecular flexibility index (Phi) is 4.41. The maximum Gasteiger partial charge on any atom is 0.0648 e. The summed E-state index contributed by atoms with van der Waals surface area (Å²) in [5.41, 5.74) is 6.69. The molecular weight excluding hydrogens is 240 g/mol. The second kappa shape index (κ2) is 5.36. The van der Waals surface area contributed by atoms with Crippen LogP contribution in [-0.2, 0) is 0 Å². The average molecular weight is 249 g/mol. The zero-order valence-electron chi connectivity index (χ0n) is 7.28. The molecule has 0 aliphatic carbocycles. The fourth-order valence-corrected chi connectivity index (χ4v) is 1.34. The molecule has 1 rings (SSSR count). The molecule has 1 aromatic carbocycles. The van der Waals surface area contributed by atoms with Crippen LogP contribution in [0.25, 0.3) is 0 Å². The molecule has 74 valence electrons. The largest absolute Gasteiger partial charge is 0.397 e. The van der Waals surface area contributed by atoms with E-state index in [0.717, 1.165) is 0 Å². The van der Waals surface area contributed by atoms with Gasteiger partial charge in [-0.25, -0.2) is 0 Å². The number of nitrogens with two attached hydrogens (primary N) is 1. The highest BCUT2D eigenvalue weighted by atomic mass is 35.5. The van der Waals surface area contributed by atoms with Gasteiger partial charge in [0.2, 0.25) is 0 Å². The van der Waals surface area contributed by atoms with Crippen LogP contribution in [0.4, 0.5) is 5.69 Å². The van der Waals surface area contributed by atoms with Crippen molar-refractivity contribution < 1.29 is 0 Å². The molecule has 0 saturated carbocycles. The van der Waals surface area contributed by atoms with Gasteiger partial charge in [-0.3, -0.25) is 0 Å². The van der Waals surface area contributed by atoms with E-state index in [2.05, 4.69) is 11.8 Å². The van der Waals surface area contributed by atoms with Gasteiger partial charge in [-0.15, -0.1) is 11.6 Å². The lowest BCUT2D eigenvalue weighted by Gasteiger charge is -2.00. The second-order valence-electron chi connectivity index (χ2n) is 2.59. The van der Waals surface area contributed by atoms with E-state index >= 15 is 0 Å². The van der Waals surface area contributed by atoms with Crippen molar-refractivity contribution in [3.8, 4) is 11.8 Å². The Morgan fingerprint density at radius 2 is 1.93 bits per heavy atom. The Labute approximate surface area is 98.1 Å². The molecule has 0 spiro atoms. The summed E-state index contributed by atoms with van der Waals surface area (Å²) in [5.74, 6) is 6.26. The lowest BCUT2D eigenvalue weighted by molar-refractivity contribution is 1.29. The monoisotopic (exact) mass is 247 g/mol. The lowest BCUT2D eigenvalue weighted by atomic mass is 10.2. The number of anilines is 1. The smallest absolute Gasteiger partial charge is 0.0648 e. The second-order valence-corrected chi connectivity index (χ2v) is 3.79. The number of benzene rings is 1. The van der Waals surface area contributed by atoms with Crippen molar-refractivity contribution in [2.24, 2.45) is 0 Å². The molecule has 0 bridgehead atoms. The Hall–Kier alpha value is -0.550. The predicted molar refractivity (Wildman–Crippen MR) is 63.1 cm³/mol. The van der Waals surface area contributed by atoms with E-state index in [0.29, 0.717) is 33.6 Å². The highest BCUT2D eigenvalue weighted by Gasteiger charge is 2.02. The molecule has 2 N–H and O–H groups in total. The molecule has 1 nitrogen and oxygen atoms in total. The third-order valence-electron chi connectivity index (χ3n) is 1.53. The van der Waals surface area contributed by atoms with Crippen LogP contribution >= 0.6 is 34.8 Å². The molecule has 0 saturated heterocycles. The molecule has 0 aromatic heterocycles. The van der Waals surface area contributed by atoms with Crippen LogP contribution in [-0.4, -0.2) is 5.88 Å². The average Bonchev–Trinajstić information content (AvgIpc) is 2.14. The summed E-state index contributed by atoms with van der Waals surface area (Å²) in [7, 11) is 0. The zero-order chi connectivity index (χ0) is 10.6. The van der Waals surface area contributed by atoms with E-state index in [1.807, 2.05) is 0 Å². The van der Waals surface area contributed by atoms with Gasteiger partial charge in [0.15, 0.2) is 0 Å². The van der Waals surface area contributed by atoms with E-state index in [-0.39, 0.29) is 0 Å². The van der Waals surface area contributed by atoms with Crippen LogP contribution in [0.3, 0.4) is 0 Å². The van der Waals surface area contributed by atoms with Gasteiger partial charge in [0.25, 0.3) is 0 Å². The van der Waals surface area contributed by atoms with E-state index in [1.54, 1.807) is 12.1 Å².